The first kappa shape index (κ1) is 8.69. The van der Waals surface area contributed by atoms with Crippen LogP contribution in [0.2, 0.25) is 0 Å². The van der Waals surface area contributed by atoms with Gasteiger partial charge in [-0.3, -0.25) is 4.98 Å². The number of nitrogens with zero attached hydrogens (tertiary/aromatic N) is 1. The number of pyridine rings is 1. The summed E-state index contributed by atoms with van der Waals surface area (Å²) in [5.74, 6) is -0.263. The van der Waals surface area contributed by atoms with E-state index in [0.29, 0.717) is 12.2 Å². The summed E-state index contributed by atoms with van der Waals surface area (Å²) in [6, 6.07) is 1.76. The Kier molecular flexibility index (Phi) is 2.31. The minimum Gasteiger partial charge on any atom is -0.462 e. The number of aryl methyl sites for hydroxylation is 1. The molecule has 0 amide bonds. The van der Waals surface area contributed by atoms with Gasteiger partial charge in [-0.05, 0) is 34.8 Å². The van der Waals surface area contributed by atoms with Crippen molar-refractivity contribution in [2.24, 2.45) is 0 Å². The lowest BCUT2D eigenvalue weighted by molar-refractivity contribution is 0.0513. The van der Waals surface area contributed by atoms with Crippen LogP contribution in [0.5, 0.6) is 0 Å². The van der Waals surface area contributed by atoms with Gasteiger partial charge >= 0.3 is 5.97 Å². The van der Waals surface area contributed by atoms with Crippen molar-refractivity contribution < 1.29 is 9.53 Å². The van der Waals surface area contributed by atoms with Crippen LogP contribution < -0.4 is 0 Å². The quantitative estimate of drug-likeness (QED) is 0.652. The van der Waals surface area contributed by atoms with Gasteiger partial charge in [0.05, 0.1) is 17.9 Å². The van der Waals surface area contributed by atoms with Gasteiger partial charge in [-0.15, -0.1) is 0 Å². The van der Waals surface area contributed by atoms with Gasteiger partial charge in [0.15, 0.2) is 0 Å². The van der Waals surface area contributed by atoms with E-state index in [2.05, 4.69) is 20.9 Å². The van der Waals surface area contributed by atoms with Crippen LogP contribution in [-0.4, -0.2) is 17.6 Å². The van der Waals surface area contributed by atoms with E-state index < -0.39 is 0 Å². The molecule has 1 aliphatic rings. The smallest absolute Gasteiger partial charge is 0.340 e. The summed E-state index contributed by atoms with van der Waals surface area (Å²) in [5, 5.41) is 0. The third-order valence-corrected chi connectivity index (χ3v) is 2.38. The fourth-order valence-corrected chi connectivity index (χ4v) is 1.66. The molecule has 0 aromatic carbocycles. The Hall–Kier alpha value is -0.900. The molecule has 0 bridgehead atoms. The summed E-state index contributed by atoms with van der Waals surface area (Å²) in [7, 11) is 0. The molecule has 0 aliphatic carbocycles. The van der Waals surface area contributed by atoms with Gasteiger partial charge in [0.25, 0.3) is 0 Å². The molecule has 4 heteroatoms. The highest BCUT2D eigenvalue weighted by molar-refractivity contribution is 9.10. The average Bonchev–Trinajstić information content (AvgIpc) is 2.29. The number of halogens is 1. The number of carbonyl (C=O) groups is 1. The van der Waals surface area contributed by atoms with Crippen LogP contribution in [0, 0.1) is 0 Å². The normalized spacial score (nSPS) is 15.9. The first-order chi connectivity index (χ1) is 6.27. The highest BCUT2D eigenvalue weighted by Gasteiger charge is 2.17. The maximum absolute atomic E-state index is 11.4. The van der Waals surface area contributed by atoms with Crippen molar-refractivity contribution in [1.82, 2.24) is 4.98 Å². The van der Waals surface area contributed by atoms with Gasteiger partial charge in [-0.1, -0.05) is 0 Å². The highest BCUT2D eigenvalue weighted by atomic mass is 79.9. The van der Waals surface area contributed by atoms with Crippen LogP contribution in [0.25, 0.3) is 0 Å². The van der Waals surface area contributed by atoms with E-state index in [-0.39, 0.29) is 5.97 Å². The molecule has 13 heavy (non-hydrogen) atoms. The van der Waals surface area contributed by atoms with Crippen molar-refractivity contribution in [2.75, 3.05) is 6.61 Å². The molecule has 0 saturated heterocycles. The summed E-state index contributed by atoms with van der Waals surface area (Å²) >= 11 is 3.27. The first-order valence-electron chi connectivity index (χ1n) is 4.09. The van der Waals surface area contributed by atoms with Crippen LogP contribution in [0.15, 0.2) is 16.7 Å². The molecule has 68 valence electrons. The Morgan fingerprint density at radius 1 is 1.54 bits per heavy atom. The molecule has 3 nitrogen and oxygen atoms in total. The number of fused-ring (bicyclic) bond motifs is 1. The molecule has 1 aliphatic heterocycles. The van der Waals surface area contributed by atoms with Crippen molar-refractivity contribution >= 4 is 21.9 Å². The van der Waals surface area contributed by atoms with Crippen LogP contribution >= 0.6 is 15.9 Å². The molecule has 1 aromatic heterocycles. The van der Waals surface area contributed by atoms with Crippen molar-refractivity contribution in [2.45, 2.75) is 12.8 Å². The molecule has 1 aromatic rings. The van der Waals surface area contributed by atoms with Gasteiger partial charge in [0.1, 0.15) is 0 Å². The lowest BCUT2D eigenvalue weighted by Gasteiger charge is -2.01. The topological polar surface area (TPSA) is 39.2 Å². The predicted molar refractivity (Wildman–Crippen MR) is 50.5 cm³/mol. The van der Waals surface area contributed by atoms with Crippen LogP contribution in [0.4, 0.5) is 0 Å². The summed E-state index contributed by atoms with van der Waals surface area (Å²) in [4.78, 5) is 15.6. The monoisotopic (exact) mass is 241 g/mol. The molecule has 2 rings (SSSR count). The lowest BCUT2D eigenvalue weighted by Crippen LogP contribution is -2.05. The van der Waals surface area contributed by atoms with Crippen molar-refractivity contribution in [3.05, 3.63) is 28.0 Å². The molecule has 2 heterocycles. The van der Waals surface area contributed by atoms with Gasteiger partial charge in [0, 0.05) is 10.7 Å². The van der Waals surface area contributed by atoms with Gasteiger partial charge in [0.2, 0.25) is 0 Å². The molecule has 0 unspecified atom stereocenters. The molecule has 0 N–H and O–H groups in total. The van der Waals surface area contributed by atoms with Gasteiger partial charge in [-0.25, -0.2) is 4.79 Å². The molecule has 0 fully saturated rings. The fourth-order valence-electron chi connectivity index (χ4n) is 1.33. The van der Waals surface area contributed by atoms with Crippen LogP contribution in [0.3, 0.4) is 0 Å². The van der Waals surface area contributed by atoms with E-state index in [1.165, 1.54) is 0 Å². The standard InChI is InChI=1S/C9H8BrNO2/c10-6-4-7-8(11-5-6)2-1-3-13-9(7)12/h4-5H,1-3H2. The van der Waals surface area contributed by atoms with E-state index in [9.17, 15) is 4.79 Å². The Morgan fingerprint density at radius 3 is 3.23 bits per heavy atom. The minimum absolute atomic E-state index is 0.263. The number of rotatable bonds is 0. The van der Waals surface area contributed by atoms with Crippen LogP contribution in [0.1, 0.15) is 22.5 Å². The Balaban J connectivity index is 2.49. The van der Waals surface area contributed by atoms with Crippen molar-refractivity contribution in [3.8, 4) is 0 Å². The summed E-state index contributed by atoms with van der Waals surface area (Å²) < 4.78 is 5.79. The third-order valence-electron chi connectivity index (χ3n) is 1.95. The number of carbonyl (C=O) groups excluding carboxylic acids is 1. The number of aromatic nitrogens is 1. The first-order valence-corrected chi connectivity index (χ1v) is 4.88. The second-order valence-corrected chi connectivity index (χ2v) is 3.80. The van der Waals surface area contributed by atoms with E-state index in [0.717, 1.165) is 23.0 Å². The zero-order chi connectivity index (χ0) is 9.26. The lowest BCUT2D eigenvalue weighted by atomic mass is 10.1. The zero-order valence-corrected chi connectivity index (χ0v) is 8.50. The largest absolute Gasteiger partial charge is 0.462 e. The second kappa shape index (κ2) is 3.46. The summed E-state index contributed by atoms with van der Waals surface area (Å²) in [6.07, 6.45) is 3.37. The Bertz CT molecular complexity index is 351. The van der Waals surface area contributed by atoms with Crippen LogP contribution in [-0.2, 0) is 11.2 Å². The Morgan fingerprint density at radius 2 is 2.38 bits per heavy atom. The number of ether oxygens (including phenoxy) is 1. The molecule has 0 spiro atoms. The fraction of sp³-hybridized carbons (Fsp3) is 0.333. The molecular formula is C9H8BrNO2. The van der Waals surface area contributed by atoms with Crippen molar-refractivity contribution in [1.29, 1.82) is 0 Å². The maximum Gasteiger partial charge on any atom is 0.340 e. The number of hydrogen-bond acceptors (Lipinski definition) is 3. The number of cyclic esters (lactones) is 1. The van der Waals surface area contributed by atoms with Crippen molar-refractivity contribution in [3.63, 3.8) is 0 Å². The zero-order valence-electron chi connectivity index (χ0n) is 6.92. The molecule has 0 radical (unpaired) electrons. The SMILES string of the molecule is O=C1OCCCc2ncc(Br)cc21. The predicted octanol–water partition coefficient (Wildman–Crippen LogP) is 1.95. The van der Waals surface area contributed by atoms with E-state index >= 15 is 0 Å². The highest BCUT2D eigenvalue weighted by Crippen LogP contribution is 2.18. The van der Waals surface area contributed by atoms with E-state index in [4.69, 9.17) is 4.74 Å². The van der Waals surface area contributed by atoms with Gasteiger partial charge < -0.3 is 4.74 Å². The van der Waals surface area contributed by atoms with Gasteiger partial charge in [-0.2, -0.15) is 0 Å². The molecule has 0 saturated carbocycles. The second-order valence-electron chi connectivity index (χ2n) is 2.89. The third kappa shape index (κ3) is 1.72. The Labute approximate surface area is 84.2 Å². The number of hydrogen-bond donors (Lipinski definition) is 0. The molecular weight excluding hydrogens is 234 g/mol. The minimum atomic E-state index is -0.263. The van der Waals surface area contributed by atoms with E-state index in [1.807, 2.05) is 0 Å². The maximum atomic E-state index is 11.4. The van der Waals surface area contributed by atoms with E-state index in [1.54, 1.807) is 12.3 Å². The molecule has 0 atom stereocenters. The number of esters is 1. The average molecular weight is 242 g/mol. The summed E-state index contributed by atoms with van der Waals surface area (Å²) in [6.45, 7) is 0.493. The summed E-state index contributed by atoms with van der Waals surface area (Å²) in [5.41, 5.74) is 1.43.